The van der Waals surface area contributed by atoms with E-state index in [0.717, 1.165) is 18.8 Å². The maximum absolute atomic E-state index is 15.8. The standard InChI is InChI=1S/C27H31ClF2N6O2/c1-16-10-23(34-33-16)32-22-11-19(18-13-35(2)14-18)25(30)21(31-22)12-27(26(37)38)6-8-36(9-7-27)15-17-4-3-5-20(28)24(17)29/h3-5,10-11,18H,6-9,12-15H2,1-2H3,(H,37,38)(H2,31,32,33,34). The third kappa shape index (κ3) is 5.39. The molecule has 1 aromatic carbocycles. The Morgan fingerprint density at radius 1 is 1.21 bits per heavy atom. The van der Waals surface area contributed by atoms with E-state index in [1.807, 2.05) is 24.9 Å². The van der Waals surface area contributed by atoms with Gasteiger partial charge in [-0.25, -0.2) is 13.8 Å². The Labute approximate surface area is 225 Å². The molecular formula is C27H31ClF2N6O2. The summed E-state index contributed by atoms with van der Waals surface area (Å²) in [6.07, 6.45) is 0.560. The monoisotopic (exact) mass is 544 g/mol. The Hall–Kier alpha value is -3.08. The molecule has 4 heterocycles. The SMILES string of the molecule is Cc1cc(Nc2cc(C3CN(C)C3)c(F)c(CC3(C(=O)O)CCN(Cc4cccc(Cl)c4F)CC3)n2)n[nH]1. The summed E-state index contributed by atoms with van der Waals surface area (Å²) in [5.41, 5.74) is 0.841. The molecule has 38 heavy (non-hydrogen) atoms. The lowest BCUT2D eigenvalue weighted by atomic mass is 9.74. The van der Waals surface area contributed by atoms with E-state index in [0.29, 0.717) is 55.2 Å². The van der Waals surface area contributed by atoms with Crippen LogP contribution in [0, 0.1) is 24.0 Å². The molecule has 3 N–H and O–H groups in total. The first kappa shape index (κ1) is 26.5. The quantitative estimate of drug-likeness (QED) is 0.377. The summed E-state index contributed by atoms with van der Waals surface area (Å²) in [4.78, 5) is 21.2. The number of carboxylic acids is 1. The van der Waals surface area contributed by atoms with Gasteiger partial charge in [0.05, 0.1) is 16.1 Å². The largest absolute Gasteiger partial charge is 0.481 e. The van der Waals surface area contributed by atoms with Crippen LogP contribution in [0.25, 0.3) is 0 Å². The van der Waals surface area contributed by atoms with Gasteiger partial charge in [-0.1, -0.05) is 23.7 Å². The molecule has 2 aliphatic rings. The molecular weight excluding hydrogens is 514 g/mol. The second-order valence-electron chi connectivity index (χ2n) is 10.6. The summed E-state index contributed by atoms with van der Waals surface area (Å²) >= 11 is 5.92. The zero-order chi connectivity index (χ0) is 27.0. The van der Waals surface area contributed by atoms with Crippen LogP contribution >= 0.6 is 11.6 Å². The van der Waals surface area contributed by atoms with Gasteiger partial charge in [0.1, 0.15) is 17.5 Å². The van der Waals surface area contributed by atoms with Crippen molar-refractivity contribution >= 4 is 29.2 Å². The van der Waals surface area contributed by atoms with Gasteiger partial charge >= 0.3 is 5.97 Å². The number of H-pyrrole nitrogens is 1. The highest BCUT2D eigenvalue weighted by atomic mass is 35.5. The van der Waals surface area contributed by atoms with Crippen molar-refractivity contribution in [2.75, 3.05) is 38.5 Å². The van der Waals surface area contributed by atoms with E-state index in [1.165, 1.54) is 6.07 Å². The van der Waals surface area contributed by atoms with Crippen molar-refractivity contribution in [1.29, 1.82) is 0 Å². The number of pyridine rings is 1. The van der Waals surface area contributed by atoms with E-state index in [9.17, 15) is 14.3 Å². The van der Waals surface area contributed by atoms with Crippen LogP contribution < -0.4 is 5.32 Å². The molecule has 0 amide bonds. The van der Waals surface area contributed by atoms with Crippen LogP contribution in [0.5, 0.6) is 0 Å². The molecule has 2 aliphatic heterocycles. The van der Waals surface area contributed by atoms with Crippen molar-refractivity contribution in [1.82, 2.24) is 25.0 Å². The van der Waals surface area contributed by atoms with Crippen LogP contribution in [0.4, 0.5) is 20.4 Å². The van der Waals surface area contributed by atoms with Crippen LogP contribution in [-0.4, -0.2) is 69.3 Å². The predicted octanol–water partition coefficient (Wildman–Crippen LogP) is 4.73. The Morgan fingerprint density at radius 3 is 2.58 bits per heavy atom. The zero-order valence-corrected chi connectivity index (χ0v) is 22.2. The Bertz CT molecular complexity index is 1340. The molecule has 11 heteroatoms. The number of aliphatic carboxylic acids is 1. The number of anilines is 2. The fourth-order valence-corrected chi connectivity index (χ4v) is 5.62. The fourth-order valence-electron chi connectivity index (χ4n) is 5.43. The van der Waals surface area contributed by atoms with E-state index in [1.54, 1.807) is 18.2 Å². The van der Waals surface area contributed by atoms with Crippen molar-refractivity contribution < 1.29 is 18.7 Å². The molecule has 2 saturated heterocycles. The summed E-state index contributed by atoms with van der Waals surface area (Å²) < 4.78 is 30.2. The Morgan fingerprint density at radius 2 is 1.95 bits per heavy atom. The number of benzene rings is 1. The second-order valence-corrected chi connectivity index (χ2v) is 11.0. The molecule has 2 aromatic heterocycles. The Kier molecular flexibility index (Phi) is 7.39. The second kappa shape index (κ2) is 10.6. The van der Waals surface area contributed by atoms with Crippen molar-refractivity contribution in [3.8, 4) is 0 Å². The molecule has 202 valence electrons. The molecule has 0 unspecified atom stereocenters. The van der Waals surface area contributed by atoms with E-state index in [4.69, 9.17) is 11.6 Å². The number of aromatic amines is 1. The number of likely N-dealkylation sites (tertiary alicyclic amines) is 2. The van der Waals surface area contributed by atoms with Crippen LogP contribution in [0.3, 0.4) is 0 Å². The van der Waals surface area contributed by atoms with E-state index in [-0.39, 0.29) is 23.1 Å². The predicted molar refractivity (Wildman–Crippen MR) is 141 cm³/mol. The third-order valence-corrected chi connectivity index (χ3v) is 8.01. The van der Waals surface area contributed by atoms with Crippen molar-refractivity contribution in [3.63, 3.8) is 0 Å². The van der Waals surface area contributed by atoms with E-state index < -0.39 is 23.0 Å². The molecule has 0 spiro atoms. The smallest absolute Gasteiger partial charge is 0.310 e. The van der Waals surface area contributed by atoms with Gasteiger partial charge in [-0.15, -0.1) is 0 Å². The van der Waals surface area contributed by atoms with Gasteiger partial charge in [0.15, 0.2) is 5.82 Å². The topological polar surface area (TPSA) is 97.4 Å². The number of nitrogens with zero attached hydrogens (tertiary/aromatic N) is 4. The maximum atomic E-state index is 15.8. The van der Waals surface area contributed by atoms with Crippen molar-refractivity contribution in [2.45, 2.75) is 38.6 Å². The minimum absolute atomic E-state index is 0.0124. The summed E-state index contributed by atoms with van der Waals surface area (Å²) in [5.74, 6) is -0.862. The lowest BCUT2D eigenvalue weighted by Crippen LogP contribution is -2.46. The third-order valence-electron chi connectivity index (χ3n) is 7.72. The average molecular weight is 545 g/mol. The molecule has 5 rings (SSSR count). The number of carbonyl (C=O) groups is 1. The number of halogens is 3. The highest BCUT2D eigenvalue weighted by Crippen LogP contribution is 2.39. The van der Waals surface area contributed by atoms with E-state index in [2.05, 4.69) is 25.4 Å². The summed E-state index contributed by atoms with van der Waals surface area (Å²) in [7, 11) is 1.98. The number of likely N-dealkylation sites (N-methyl/N-ethyl adjacent to an activating group) is 1. The molecule has 0 saturated carbocycles. The minimum atomic E-state index is -1.17. The van der Waals surface area contributed by atoms with Crippen molar-refractivity contribution in [2.24, 2.45) is 5.41 Å². The van der Waals surface area contributed by atoms with E-state index >= 15 is 4.39 Å². The minimum Gasteiger partial charge on any atom is -0.481 e. The van der Waals surface area contributed by atoms with Gasteiger partial charge in [0.25, 0.3) is 0 Å². The van der Waals surface area contributed by atoms with Crippen LogP contribution in [0.15, 0.2) is 30.3 Å². The molecule has 0 radical (unpaired) electrons. The van der Waals surface area contributed by atoms with Crippen molar-refractivity contribution in [3.05, 3.63) is 69.5 Å². The number of piperidine rings is 1. The van der Waals surface area contributed by atoms with Gasteiger partial charge in [0.2, 0.25) is 0 Å². The molecule has 0 bridgehead atoms. The first-order valence-corrected chi connectivity index (χ1v) is 13.1. The number of nitrogens with one attached hydrogen (secondary N) is 2. The van der Waals surface area contributed by atoms with Gasteiger partial charge < -0.3 is 15.3 Å². The highest BCUT2D eigenvalue weighted by molar-refractivity contribution is 6.30. The number of aromatic nitrogens is 3. The van der Waals surface area contributed by atoms with Gasteiger partial charge in [-0.05, 0) is 57.6 Å². The number of aryl methyl sites for hydroxylation is 1. The molecule has 2 fully saturated rings. The van der Waals surface area contributed by atoms with Gasteiger partial charge in [-0.2, -0.15) is 5.10 Å². The first-order chi connectivity index (χ1) is 18.1. The average Bonchev–Trinajstić information content (AvgIpc) is 3.27. The normalized spacial score (nSPS) is 18.3. The molecule has 8 nitrogen and oxygen atoms in total. The van der Waals surface area contributed by atoms with Gasteiger partial charge in [-0.3, -0.25) is 14.8 Å². The summed E-state index contributed by atoms with van der Waals surface area (Å²) in [6, 6.07) is 8.40. The highest BCUT2D eigenvalue weighted by Gasteiger charge is 2.43. The number of carboxylic acid groups (broad SMARTS) is 1. The van der Waals surface area contributed by atoms with Crippen LogP contribution in [0.1, 0.15) is 41.3 Å². The summed E-state index contributed by atoms with van der Waals surface area (Å²) in [6.45, 7) is 4.52. The zero-order valence-electron chi connectivity index (χ0n) is 21.4. The van der Waals surface area contributed by atoms with Crippen LogP contribution in [0.2, 0.25) is 5.02 Å². The van der Waals surface area contributed by atoms with Crippen LogP contribution in [-0.2, 0) is 17.8 Å². The lowest BCUT2D eigenvalue weighted by molar-refractivity contribution is -0.152. The molecule has 3 aromatic rings. The van der Waals surface area contributed by atoms with Gasteiger partial charge in [0, 0.05) is 49.3 Å². The first-order valence-electron chi connectivity index (χ1n) is 12.7. The number of hydrogen-bond donors (Lipinski definition) is 3. The molecule has 0 atom stereocenters. The summed E-state index contributed by atoms with van der Waals surface area (Å²) in [5, 5.41) is 20.5. The number of rotatable bonds is 8. The Balaban J connectivity index is 1.38. The maximum Gasteiger partial charge on any atom is 0.310 e. The lowest BCUT2D eigenvalue weighted by Gasteiger charge is -2.39. The fraction of sp³-hybridized carbons (Fsp3) is 0.444. The number of hydrogen-bond acceptors (Lipinski definition) is 6. The molecule has 0 aliphatic carbocycles.